The third kappa shape index (κ3) is 1.93. The van der Waals surface area contributed by atoms with Gasteiger partial charge in [0.2, 0.25) is 5.95 Å². The van der Waals surface area contributed by atoms with Gasteiger partial charge in [-0.1, -0.05) is 0 Å². The van der Waals surface area contributed by atoms with E-state index in [-0.39, 0.29) is 11.8 Å². The van der Waals surface area contributed by atoms with Crippen LogP contribution in [0.3, 0.4) is 0 Å². The Balaban J connectivity index is 1.82. The van der Waals surface area contributed by atoms with Crippen LogP contribution in [-0.2, 0) is 0 Å². The molecule has 1 unspecified atom stereocenters. The molecule has 6 heteroatoms. The highest BCUT2D eigenvalue weighted by Gasteiger charge is 2.31. The van der Waals surface area contributed by atoms with E-state index in [4.69, 9.17) is 5.73 Å². The van der Waals surface area contributed by atoms with E-state index in [1.807, 2.05) is 4.90 Å². The molecule has 0 saturated carbocycles. The van der Waals surface area contributed by atoms with E-state index >= 15 is 0 Å². The van der Waals surface area contributed by atoms with Crippen LogP contribution in [0.1, 0.15) is 12.8 Å². The molecule has 2 aliphatic rings. The van der Waals surface area contributed by atoms with E-state index in [0.29, 0.717) is 11.9 Å². The molecule has 2 fully saturated rings. The van der Waals surface area contributed by atoms with Crippen LogP contribution >= 0.6 is 0 Å². The van der Waals surface area contributed by atoms with Crippen molar-refractivity contribution >= 4 is 11.8 Å². The summed E-state index contributed by atoms with van der Waals surface area (Å²) in [6, 6.07) is 0.541. The predicted molar refractivity (Wildman–Crippen MR) is 63.2 cm³/mol. The highest BCUT2D eigenvalue weighted by Crippen LogP contribution is 2.25. The molecule has 5 nitrogen and oxygen atoms in total. The van der Waals surface area contributed by atoms with Gasteiger partial charge in [0.25, 0.3) is 0 Å². The van der Waals surface area contributed by atoms with Crippen molar-refractivity contribution < 1.29 is 4.39 Å². The van der Waals surface area contributed by atoms with E-state index < -0.39 is 0 Å². The number of hydrogen-bond acceptors (Lipinski definition) is 5. The maximum atomic E-state index is 13.7. The monoisotopic (exact) mass is 237 g/mol. The van der Waals surface area contributed by atoms with Gasteiger partial charge in [-0.15, -0.1) is 0 Å². The molecule has 0 radical (unpaired) electrons. The summed E-state index contributed by atoms with van der Waals surface area (Å²) in [4.78, 5) is 12.1. The lowest BCUT2D eigenvalue weighted by molar-refractivity contribution is 0.229. The fourth-order valence-electron chi connectivity index (χ4n) is 2.78. The molecule has 2 aliphatic heterocycles. The Morgan fingerprint density at radius 3 is 3.12 bits per heavy atom. The molecule has 0 aromatic carbocycles. The van der Waals surface area contributed by atoms with E-state index in [1.165, 1.54) is 19.4 Å². The van der Waals surface area contributed by atoms with Gasteiger partial charge in [0.1, 0.15) is 0 Å². The lowest BCUT2D eigenvalue weighted by Gasteiger charge is -2.38. The number of halogens is 1. The Labute approximate surface area is 99.4 Å². The van der Waals surface area contributed by atoms with Crippen LogP contribution in [0.15, 0.2) is 6.20 Å². The summed E-state index contributed by atoms with van der Waals surface area (Å²) in [5.41, 5.74) is 5.51. The van der Waals surface area contributed by atoms with E-state index in [1.54, 1.807) is 0 Å². The number of aromatic nitrogens is 2. The van der Waals surface area contributed by atoms with Crippen molar-refractivity contribution in [1.82, 2.24) is 14.9 Å². The number of fused-ring (bicyclic) bond motifs is 1. The summed E-state index contributed by atoms with van der Waals surface area (Å²) in [6.07, 6.45) is 3.59. The molecule has 3 heterocycles. The zero-order valence-corrected chi connectivity index (χ0v) is 9.64. The SMILES string of the molecule is Nc1ncc(F)c(N2CCN3CCCC3C2)n1. The molecule has 0 spiro atoms. The van der Waals surface area contributed by atoms with Crippen LogP contribution < -0.4 is 10.6 Å². The third-order valence-electron chi connectivity index (χ3n) is 3.63. The first-order chi connectivity index (χ1) is 8.24. The van der Waals surface area contributed by atoms with Gasteiger partial charge in [-0.05, 0) is 19.4 Å². The standard InChI is InChI=1S/C11H16FN5/c12-9-6-14-11(13)15-10(9)17-5-4-16-3-1-2-8(16)7-17/h6,8H,1-5,7H2,(H2,13,14,15). The molecule has 1 aromatic rings. The van der Waals surface area contributed by atoms with E-state index in [0.717, 1.165) is 25.8 Å². The van der Waals surface area contributed by atoms with E-state index in [2.05, 4.69) is 14.9 Å². The predicted octanol–water partition coefficient (Wildman–Crippen LogP) is 0.482. The van der Waals surface area contributed by atoms with Crippen molar-refractivity contribution in [2.75, 3.05) is 36.8 Å². The molecule has 2 saturated heterocycles. The van der Waals surface area contributed by atoms with Gasteiger partial charge in [-0.2, -0.15) is 4.98 Å². The molecular weight excluding hydrogens is 221 g/mol. The van der Waals surface area contributed by atoms with E-state index in [9.17, 15) is 4.39 Å². The molecule has 92 valence electrons. The molecule has 0 bridgehead atoms. The second-order valence-corrected chi connectivity index (χ2v) is 4.68. The van der Waals surface area contributed by atoms with Gasteiger partial charge in [-0.25, -0.2) is 9.37 Å². The Hall–Kier alpha value is -1.43. The average molecular weight is 237 g/mol. The third-order valence-corrected chi connectivity index (χ3v) is 3.63. The summed E-state index contributed by atoms with van der Waals surface area (Å²) in [5, 5.41) is 0. The fourth-order valence-corrected chi connectivity index (χ4v) is 2.78. The zero-order chi connectivity index (χ0) is 11.8. The Morgan fingerprint density at radius 2 is 2.24 bits per heavy atom. The first-order valence-electron chi connectivity index (χ1n) is 6.01. The zero-order valence-electron chi connectivity index (χ0n) is 9.64. The topological polar surface area (TPSA) is 58.3 Å². The van der Waals surface area contributed by atoms with Crippen LogP contribution in [0.2, 0.25) is 0 Å². The molecule has 0 aliphatic carbocycles. The van der Waals surface area contributed by atoms with Gasteiger partial charge in [0.15, 0.2) is 11.6 Å². The number of nitrogens with two attached hydrogens (primary N) is 1. The summed E-state index contributed by atoms with van der Waals surface area (Å²) >= 11 is 0. The van der Waals surface area contributed by atoms with Crippen LogP contribution in [0.4, 0.5) is 16.2 Å². The number of hydrogen-bond donors (Lipinski definition) is 1. The number of nitrogen functional groups attached to an aromatic ring is 1. The Morgan fingerprint density at radius 1 is 1.35 bits per heavy atom. The molecule has 1 atom stereocenters. The largest absolute Gasteiger partial charge is 0.368 e. The number of rotatable bonds is 1. The maximum Gasteiger partial charge on any atom is 0.222 e. The van der Waals surface area contributed by atoms with Crippen LogP contribution in [-0.4, -0.2) is 47.1 Å². The summed E-state index contributed by atoms with van der Waals surface area (Å²) in [6.45, 7) is 3.80. The van der Waals surface area contributed by atoms with Gasteiger partial charge >= 0.3 is 0 Å². The Bertz CT molecular complexity index is 424. The van der Waals surface area contributed by atoms with Crippen LogP contribution in [0.5, 0.6) is 0 Å². The molecular formula is C11H16FN5. The highest BCUT2D eigenvalue weighted by atomic mass is 19.1. The minimum Gasteiger partial charge on any atom is -0.368 e. The Kier molecular flexibility index (Phi) is 2.58. The number of anilines is 2. The van der Waals surface area contributed by atoms with Crippen molar-refractivity contribution in [3.63, 3.8) is 0 Å². The van der Waals surface area contributed by atoms with Crippen LogP contribution in [0.25, 0.3) is 0 Å². The van der Waals surface area contributed by atoms with Crippen molar-refractivity contribution in [3.05, 3.63) is 12.0 Å². The summed E-state index contributed by atoms with van der Waals surface area (Å²) in [7, 11) is 0. The van der Waals surface area contributed by atoms with Crippen molar-refractivity contribution in [2.45, 2.75) is 18.9 Å². The quantitative estimate of drug-likeness (QED) is 0.770. The molecule has 3 rings (SSSR count). The second-order valence-electron chi connectivity index (χ2n) is 4.68. The number of nitrogens with zero attached hydrogens (tertiary/aromatic N) is 4. The lowest BCUT2D eigenvalue weighted by Crippen LogP contribution is -2.50. The van der Waals surface area contributed by atoms with Crippen molar-refractivity contribution in [1.29, 1.82) is 0 Å². The molecule has 0 amide bonds. The average Bonchev–Trinajstić information content (AvgIpc) is 2.79. The first kappa shape index (κ1) is 10.7. The van der Waals surface area contributed by atoms with Gasteiger partial charge < -0.3 is 10.6 Å². The maximum absolute atomic E-state index is 13.7. The smallest absolute Gasteiger partial charge is 0.222 e. The van der Waals surface area contributed by atoms with Gasteiger partial charge in [-0.3, -0.25) is 4.90 Å². The van der Waals surface area contributed by atoms with Gasteiger partial charge in [0, 0.05) is 25.7 Å². The minimum atomic E-state index is -0.384. The number of piperazine rings is 1. The van der Waals surface area contributed by atoms with Crippen LogP contribution in [0, 0.1) is 5.82 Å². The minimum absolute atomic E-state index is 0.134. The highest BCUT2D eigenvalue weighted by molar-refractivity contribution is 5.43. The molecule has 1 aromatic heterocycles. The van der Waals surface area contributed by atoms with Crippen molar-refractivity contribution in [2.24, 2.45) is 0 Å². The summed E-state index contributed by atoms with van der Waals surface area (Å²) in [5.74, 6) is 0.102. The fraction of sp³-hybridized carbons (Fsp3) is 0.636. The van der Waals surface area contributed by atoms with Gasteiger partial charge in [0.05, 0.1) is 6.20 Å². The van der Waals surface area contributed by atoms with Crippen molar-refractivity contribution in [3.8, 4) is 0 Å². The first-order valence-corrected chi connectivity index (χ1v) is 6.01. The lowest BCUT2D eigenvalue weighted by atomic mass is 10.1. The molecule has 17 heavy (non-hydrogen) atoms. The molecule has 2 N–H and O–H groups in total. The summed E-state index contributed by atoms with van der Waals surface area (Å²) < 4.78 is 13.7. The normalized spacial score (nSPS) is 25.0. The second kappa shape index (κ2) is 4.10.